The topological polar surface area (TPSA) is 3.24 Å². The van der Waals surface area contributed by atoms with E-state index >= 15 is 0 Å². The molecular weight excluding hydrogens is 249 g/mol. The molecule has 1 aliphatic carbocycles. The molecule has 0 aromatic carbocycles. The van der Waals surface area contributed by atoms with Crippen LogP contribution in [0.25, 0.3) is 0 Å². The smallest absolute Gasteiger partial charge is 0.0474 e. The number of hydrogen-bond acceptors (Lipinski definition) is 1. The van der Waals surface area contributed by atoms with Crippen LogP contribution in [0, 0.1) is 17.3 Å². The Labute approximate surface area is 82.0 Å². The zero-order valence-electron chi connectivity index (χ0n) is 6.89. The highest BCUT2D eigenvalue weighted by Crippen LogP contribution is 2.45. The molecule has 1 heterocycles. The van der Waals surface area contributed by atoms with Crippen molar-refractivity contribution in [1.29, 1.82) is 0 Å². The average molecular weight is 261 g/mol. The summed E-state index contributed by atoms with van der Waals surface area (Å²) in [4.78, 5) is 0. The Morgan fingerprint density at radius 2 is 2.36 bits per heavy atom. The Morgan fingerprint density at radius 1 is 1.64 bits per heavy atom. The predicted molar refractivity (Wildman–Crippen MR) is 54.2 cm³/mol. The molecule has 2 rings (SSSR count). The maximum absolute atomic E-state index is 3.36. The largest absolute Gasteiger partial charge is 0.239 e. The summed E-state index contributed by atoms with van der Waals surface area (Å²) >= 11 is 2.44. The van der Waals surface area contributed by atoms with Crippen molar-refractivity contribution in [2.45, 2.75) is 38.8 Å². The second-order valence-corrected chi connectivity index (χ2v) is 4.95. The lowest BCUT2D eigenvalue weighted by Crippen LogP contribution is -2.29. The van der Waals surface area contributed by atoms with E-state index in [1.54, 1.807) is 0 Å². The van der Waals surface area contributed by atoms with Crippen LogP contribution in [0.3, 0.4) is 0 Å². The molecule has 0 radical (unpaired) electrons. The van der Waals surface area contributed by atoms with Gasteiger partial charge in [-0.05, 0) is 20.3 Å². The lowest BCUT2D eigenvalue weighted by atomic mass is 9.85. The maximum Gasteiger partial charge on any atom is 0.0474 e. The van der Waals surface area contributed by atoms with Crippen molar-refractivity contribution in [2.75, 3.05) is 0 Å². The Balaban J connectivity index is 2.28. The first-order valence-corrected chi connectivity index (χ1v) is 5.04. The molecule has 1 aliphatic heterocycles. The van der Waals surface area contributed by atoms with Crippen LogP contribution in [0.2, 0.25) is 0 Å². The zero-order chi connectivity index (χ0) is 8.06. The van der Waals surface area contributed by atoms with Gasteiger partial charge >= 0.3 is 0 Å². The van der Waals surface area contributed by atoms with E-state index in [0.29, 0.717) is 17.5 Å². The highest BCUT2D eigenvalue weighted by molar-refractivity contribution is 14.1. The number of fused-ring (bicyclic) bond motifs is 1. The van der Waals surface area contributed by atoms with Gasteiger partial charge in [-0.2, -0.15) is 0 Å². The molecule has 2 heteroatoms. The third-order valence-corrected chi connectivity index (χ3v) is 4.47. The molecule has 2 aliphatic rings. The second-order valence-electron chi connectivity index (χ2n) is 3.84. The van der Waals surface area contributed by atoms with Gasteiger partial charge in [-0.3, -0.25) is 0 Å². The van der Waals surface area contributed by atoms with Crippen LogP contribution in [-0.2, 0) is 0 Å². The van der Waals surface area contributed by atoms with Gasteiger partial charge in [0, 0.05) is 46.8 Å². The van der Waals surface area contributed by atoms with E-state index in [9.17, 15) is 0 Å². The van der Waals surface area contributed by atoms with Crippen LogP contribution in [0.4, 0.5) is 0 Å². The second kappa shape index (κ2) is 2.37. The van der Waals surface area contributed by atoms with Crippen molar-refractivity contribution in [1.82, 2.24) is 3.11 Å². The first kappa shape index (κ1) is 7.88. The lowest BCUT2D eigenvalue weighted by Gasteiger charge is -2.23. The van der Waals surface area contributed by atoms with Crippen molar-refractivity contribution in [3.63, 3.8) is 0 Å². The van der Waals surface area contributed by atoms with E-state index in [0.717, 1.165) is 6.42 Å². The minimum Gasteiger partial charge on any atom is -0.239 e. The molecule has 0 aromatic heterocycles. The minimum atomic E-state index is 0.306. The molecule has 0 aromatic rings. The first-order chi connectivity index (χ1) is 5.13. The number of rotatable bonds is 0. The Morgan fingerprint density at radius 3 is 3.00 bits per heavy atom. The summed E-state index contributed by atoms with van der Waals surface area (Å²) in [6.07, 6.45) is 2.32. The highest BCUT2D eigenvalue weighted by atomic mass is 127. The van der Waals surface area contributed by atoms with E-state index in [1.165, 1.54) is 6.42 Å². The van der Waals surface area contributed by atoms with Crippen molar-refractivity contribution >= 4 is 22.9 Å². The SMILES string of the molecule is C[C@@H]1C[C@@]2(C)C#CC[C@H]2N1I. The van der Waals surface area contributed by atoms with Crippen LogP contribution in [0.1, 0.15) is 26.7 Å². The molecule has 0 spiro atoms. The van der Waals surface area contributed by atoms with Crippen LogP contribution in [0.5, 0.6) is 0 Å². The quantitative estimate of drug-likeness (QED) is 0.367. The van der Waals surface area contributed by atoms with E-state index in [2.05, 4.69) is 51.7 Å². The van der Waals surface area contributed by atoms with E-state index in [1.807, 2.05) is 0 Å². The molecule has 3 atom stereocenters. The summed E-state index contributed by atoms with van der Waals surface area (Å²) in [5.74, 6) is 6.58. The standard InChI is InChI=1S/C9H12IN/c1-7-6-9(2)5-3-4-8(9)11(7)10/h7-8H,4,6H2,1-2H3/t7-,8-,9-/m1/s1. The third-order valence-electron chi connectivity index (χ3n) is 2.84. The molecule has 0 N–H and O–H groups in total. The summed E-state index contributed by atoms with van der Waals surface area (Å²) in [5.41, 5.74) is 0.306. The molecule has 60 valence electrons. The highest BCUT2D eigenvalue weighted by Gasteiger charge is 2.47. The molecule has 0 saturated carbocycles. The predicted octanol–water partition coefficient (Wildman–Crippen LogP) is 2.21. The van der Waals surface area contributed by atoms with Gasteiger partial charge in [0.15, 0.2) is 0 Å². The Hall–Kier alpha value is 0.250. The van der Waals surface area contributed by atoms with Crippen LogP contribution >= 0.6 is 22.9 Å². The average Bonchev–Trinajstić information content (AvgIpc) is 2.36. The maximum atomic E-state index is 3.36. The van der Waals surface area contributed by atoms with E-state index < -0.39 is 0 Å². The summed E-state index contributed by atoms with van der Waals surface area (Å²) in [5, 5.41) is 0. The van der Waals surface area contributed by atoms with Crippen LogP contribution in [0.15, 0.2) is 0 Å². The molecule has 0 amide bonds. The van der Waals surface area contributed by atoms with Gasteiger partial charge in [0.05, 0.1) is 0 Å². The van der Waals surface area contributed by atoms with Crippen molar-refractivity contribution in [3.05, 3.63) is 0 Å². The molecule has 1 nitrogen and oxygen atoms in total. The normalized spacial score (nSPS) is 48.6. The zero-order valence-corrected chi connectivity index (χ0v) is 9.05. The van der Waals surface area contributed by atoms with Gasteiger partial charge in [0.1, 0.15) is 0 Å². The summed E-state index contributed by atoms with van der Waals surface area (Å²) in [6.45, 7) is 4.59. The third kappa shape index (κ3) is 1.01. The molecule has 1 saturated heterocycles. The minimum absolute atomic E-state index is 0.306. The molecule has 11 heavy (non-hydrogen) atoms. The van der Waals surface area contributed by atoms with Gasteiger partial charge < -0.3 is 0 Å². The number of nitrogens with zero attached hydrogens (tertiary/aromatic N) is 1. The van der Waals surface area contributed by atoms with E-state index in [4.69, 9.17) is 0 Å². The Kier molecular flexibility index (Phi) is 1.69. The van der Waals surface area contributed by atoms with Crippen molar-refractivity contribution in [2.24, 2.45) is 5.41 Å². The number of halogens is 1. The monoisotopic (exact) mass is 261 g/mol. The number of hydrogen-bond donors (Lipinski definition) is 0. The van der Waals surface area contributed by atoms with Gasteiger partial charge in [-0.15, -0.1) is 5.92 Å². The van der Waals surface area contributed by atoms with E-state index in [-0.39, 0.29) is 0 Å². The fourth-order valence-electron chi connectivity index (χ4n) is 2.21. The molecule has 0 unspecified atom stereocenters. The van der Waals surface area contributed by atoms with Gasteiger partial charge in [0.25, 0.3) is 0 Å². The van der Waals surface area contributed by atoms with Crippen LogP contribution < -0.4 is 0 Å². The van der Waals surface area contributed by atoms with Gasteiger partial charge in [-0.1, -0.05) is 5.92 Å². The van der Waals surface area contributed by atoms with Crippen molar-refractivity contribution < 1.29 is 0 Å². The van der Waals surface area contributed by atoms with Gasteiger partial charge in [-0.25, -0.2) is 3.11 Å². The van der Waals surface area contributed by atoms with Gasteiger partial charge in [0.2, 0.25) is 0 Å². The Bertz CT molecular complexity index is 240. The fraction of sp³-hybridized carbons (Fsp3) is 0.778. The summed E-state index contributed by atoms with van der Waals surface area (Å²) in [6, 6.07) is 1.37. The molecular formula is C9H12IN. The summed E-state index contributed by atoms with van der Waals surface area (Å²) in [7, 11) is 0. The summed E-state index contributed by atoms with van der Waals surface area (Å²) < 4.78 is 2.44. The van der Waals surface area contributed by atoms with Crippen molar-refractivity contribution in [3.8, 4) is 11.8 Å². The lowest BCUT2D eigenvalue weighted by molar-refractivity contribution is 0.343. The molecule has 0 bridgehead atoms. The first-order valence-electron chi connectivity index (χ1n) is 4.08. The van der Waals surface area contributed by atoms with Crippen LogP contribution in [-0.4, -0.2) is 15.2 Å². The molecule has 1 fully saturated rings. The fourth-order valence-corrected chi connectivity index (χ4v) is 3.22.